The van der Waals surface area contributed by atoms with Gasteiger partial charge in [0.25, 0.3) is 5.69 Å². The molecular formula is C11H11ClN4O2. The molecule has 0 aliphatic rings. The van der Waals surface area contributed by atoms with Gasteiger partial charge in [0.15, 0.2) is 0 Å². The predicted molar refractivity (Wildman–Crippen MR) is 68.6 cm³/mol. The summed E-state index contributed by atoms with van der Waals surface area (Å²) in [6.45, 7) is 2.14. The SMILES string of the molecule is Cc1nn(Cc2cccc([N+](=O)[O-])c2N)cc1Cl. The number of nitrogen functional groups attached to an aromatic ring is 1. The van der Waals surface area contributed by atoms with Gasteiger partial charge in [0.2, 0.25) is 0 Å². The van der Waals surface area contributed by atoms with E-state index in [4.69, 9.17) is 17.3 Å². The number of aromatic nitrogens is 2. The summed E-state index contributed by atoms with van der Waals surface area (Å²) >= 11 is 5.89. The van der Waals surface area contributed by atoms with Crippen molar-refractivity contribution in [3.8, 4) is 0 Å². The first-order valence-electron chi connectivity index (χ1n) is 5.20. The number of nitro groups is 1. The minimum atomic E-state index is -0.500. The lowest BCUT2D eigenvalue weighted by molar-refractivity contribution is -0.383. The fourth-order valence-electron chi connectivity index (χ4n) is 1.65. The minimum Gasteiger partial charge on any atom is -0.393 e. The van der Waals surface area contributed by atoms with Crippen LogP contribution in [-0.2, 0) is 6.54 Å². The van der Waals surface area contributed by atoms with E-state index >= 15 is 0 Å². The van der Waals surface area contributed by atoms with Crippen LogP contribution in [-0.4, -0.2) is 14.7 Å². The number of nitrogens with zero attached hydrogens (tertiary/aromatic N) is 3. The van der Waals surface area contributed by atoms with E-state index in [-0.39, 0.29) is 11.4 Å². The largest absolute Gasteiger partial charge is 0.393 e. The molecule has 0 saturated carbocycles. The Morgan fingerprint density at radius 2 is 2.28 bits per heavy atom. The Morgan fingerprint density at radius 1 is 1.56 bits per heavy atom. The van der Waals surface area contributed by atoms with E-state index in [2.05, 4.69) is 5.10 Å². The number of aryl methyl sites for hydroxylation is 1. The van der Waals surface area contributed by atoms with E-state index in [1.54, 1.807) is 29.9 Å². The highest BCUT2D eigenvalue weighted by Gasteiger charge is 2.14. The second kappa shape index (κ2) is 4.66. The average Bonchev–Trinajstić information content (AvgIpc) is 2.60. The van der Waals surface area contributed by atoms with Gasteiger partial charge >= 0.3 is 0 Å². The number of halogens is 1. The van der Waals surface area contributed by atoms with Crippen molar-refractivity contribution in [3.05, 3.63) is 50.8 Å². The molecule has 0 bridgehead atoms. The number of hydrogen-bond donors (Lipinski definition) is 1. The number of para-hydroxylation sites is 1. The lowest BCUT2D eigenvalue weighted by Crippen LogP contribution is -2.05. The normalized spacial score (nSPS) is 10.6. The number of hydrogen-bond acceptors (Lipinski definition) is 4. The zero-order chi connectivity index (χ0) is 13.3. The van der Waals surface area contributed by atoms with E-state index in [1.165, 1.54) is 6.07 Å². The van der Waals surface area contributed by atoms with E-state index in [1.807, 2.05) is 0 Å². The Bertz CT molecular complexity index is 590. The van der Waals surface area contributed by atoms with Crippen molar-refractivity contribution in [1.82, 2.24) is 9.78 Å². The molecule has 0 aliphatic heterocycles. The average molecular weight is 267 g/mol. The maximum Gasteiger partial charge on any atom is 0.292 e. The number of nitro benzene ring substituents is 1. The van der Waals surface area contributed by atoms with Gasteiger partial charge in [-0.1, -0.05) is 23.7 Å². The first-order valence-corrected chi connectivity index (χ1v) is 5.58. The Kier molecular flexibility index (Phi) is 3.20. The van der Waals surface area contributed by atoms with Crippen LogP contribution in [0.1, 0.15) is 11.3 Å². The second-order valence-electron chi connectivity index (χ2n) is 3.87. The van der Waals surface area contributed by atoms with Gasteiger partial charge in [-0.15, -0.1) is 0 Å². The molecule has 2 N–H and O–H groups in total. The molecule has 0 amide bonds. The Balaban J connectivity index is 2.35. The van der Waals surface area contributed by atoms with E-state index in [9.17, 15) is 10.1 Å². The molecule has 6 nitrogen and oxygen atoms in total. The monoisotopic (exact) mass is 266 g/mol. The van der Waals surface area contributed by atoms with Gasteiger partial charge in [-0.05, 0) is 6.92 Å². The Morgan fingerprint density at radius 3 is 2.83 bits per heavy atom. The summed E-state index contributed by atoms with van der Waals surface area (Å²) in [5, 5.41) is 15.5. The molecule has 94 valence electrons. The van der Waals surface area contributed by atoms with Crippen molar-refractivity contribution < 1.29 is 4.92 Å². The smallest absolute Gasteiger partial charge is 0.292 e. The third-order valence-corrected chi connectivity index (χ3v) is 2.96. The second-order valence-corrected chi connectivity index (χ2v) is 4.27. The number of benzene rings is 1. The fourth-order valence-corrected chi connectivity index (χ4v) is 1.80. The van der Waals surface area contributed by atoms with Crippen LogP contribution in [0, 0.1) is 17.0 Å². The summed E-state index contributed by atoms with van der Waals surface area (Å²) in [5.41, 5.74) is 7.18. The molecule has 0 fully saturated rings. The molecule has 1 heterocycles. The molecule has 0 radical (unpaired) electrons. The van der Waals surface area contributed by atoms with Crippen LogP contribution in [0.5, 0.6) is 0 Å². The molecule has 0 unspecified atom stereocenters. The first-order chi connectivity index (χ1) is 8.49. The fraction of sp³-hybridized carbons (Fsp3) is 0.182. The van der Waals surface area contributed by atoms with Crippen LogP contribution in [0.3, 0.4) is 0 Å². The lowest BCUT2D eigenvalue weighted by atomic mass is 10.1. The van der Waals surface area contributed by atoms with Crippen molar-refractivity contribution in [2.75, 3.05) is 5.73 Å². The van der Waals surface area contributed by atoms with Gasteiger partial charge < -0.3 is 5.73 Å². The van der Waals surface area contributed by atoms with Gasteiger partial charge in [0.05, 0.1) is 22.2 Å². The molecule has 2 aromatic rings. The number of nitrogens with two attached hydrogens (primary N) is 1. The zero-order valence-corrected chi connectivity index (χ0v) is 10.4. The van der Waals surface area contributed by atoms with Crippen molar-refractivity contribution >= 4 is 23.0 Å². The summed E-state index contributed by atoms with van der Waals surface area (Å²) in [7, 11) is 0. The van der Waals surface area contributed by atoms with Crippen molar-refractivity contribution in [2.45, 2.75) is 13.5 Å². The summed E-state index contributed by atoms with van der Waals surface area (Å²) in [4.78, 5) is 10.3. The van der Waals surface area contributed by atoms with Crippen LogP contribution >= 0.6 is 11.6 Å². The summed E-state index contributed by atoms with van der Waals surface area (Å²) in [5.74, 6) is 0. The topological polar surface area (TPSA) is 87.0 Å². The van der Waals surface area contributed by atoms with Gasteiger partial charge in [-0.3, -0.25) is 14.8 Å². The third kappa shape index (κ3) is 2.28. The van der Waals surface area contributed by atoms with Gasteiger partial charge in [0.1, 0.15) is 5.69 Å². The standard InChI is InChI=1S/C11H11ClN4O2/c1-7-9(12)6-15(14-7)5-8-3-2-4-10(11(8)13)16(17)18/h2-4,6H,5,13H2,1H3. The van der Waals surface area contributed by atoms with Crippen molar-refractivity contribution in [2.24, 2.45) is 0 Å². The van der Waals surface area contributed by atoms with E-state index in [0.29, 0.717) is 22.8 Å². The molecule has 2 rings (SSSR count). The van der Waals surface area contributed by atoms with Crippen LogP contribution in [0.15, 0.2) is 24.4 Å². The van der Waals surface area contributed by atoms with Crippen molar-refractivity contribution in [3.63, 3.8) is 0 Å². The maximum atomic E-state index is 10.8. The lowest BCUT2D eigenvalue weighted by Gasteiger charge is -2.06. The molecular weight excluding hydrogens is 256 g/mol. The molecule has 7 heteroatoms. The molecule has 0 saturated heterocycles. The quantitative estimate of drug-likeness (QED) is 0.525. The van der Waals surface area contributed by atoms with Crippen LogP contribution in [0.25, 0.3) is 0 Å². The molecule has 1 aromatic heterocycles. The molecule has 0 atom stereocenters. The van der Waals surface area contributed by atoms with Crippen molar-refractivity contribution in [1.29, 1.82) is 0 Å². The molecule has 0 aliphatic carbocycles. The van der Waals surface area contributed by atoms with Crippen LogP contribution in [0.2, 0.25) is 5.02 Å². The number of rotatable bonds is 3. The maximum absolute atomic E-state index is 10.8. The predicted octanol–water partition coefficient (Wildman–Crippen LogP) is 2.38. The van der Waals surface area contributed by atoms with E-state index in [0.717, 1.165) is 0 Å². The van der Waals surface area contributed by atoms with E-state index < -0.39 is 4.92 Å². The van der Waals surface area contributed by atoms with Gasteiger partial charge in [-0.2, -0.15) is 5.10 Å². The van der Waals surface area contributed by atoms with Crippen LogP contribution in [0.4, 0.5) is 11.4 Å². The minimum absolute atomic E-state index is 0.0949. The summed E-state index contributed by atoms with van der Waals surface area (Å²) in [6, 6.07) is 4.70. The van der Waals surface area contributed by atoms with Gasteiger partial charge in [0, 0.05) is 17.8 Å². The highest BCUT2D eigenvalue weighted by atomic mass is 35.5. The Hall–Kier alpha value is -2.08. The molecule has 1 aromatic carbocycles. The highest BCUT2D eigenvalue weighted by Crippen LogP contribution is 2.25. The zero-order valence-electron chi connectivity index (χ0n) is 9.63. The van der Waals surface area contributed by atoms with Gasteiger partial charge in [-0.25, -0.2) is 0 Å². The Labute approximate surface area is 108 Å². The molecule has 18 heavy (non-hydrogen) atoms. The first kappa shape index (κ1) is 12.4. The van der Waals surface area contributed by atoms with Crippen LogP contribution < -0.4 is 5.73 Å². The summed E-state index contributed by atoms with van der Waals surface area (Å²) in [6.07, 6.45) is 1.66. The number of anilines is 1. The molecule has 0 spiro atoms. The summed E-state index contributed by atoms with van der Waals surface area (Å²) < 4.78 is 1.60. The third-order valence-electron chi connectivity index (χ3n) is 2.59. The highest BCUT2D eigenvalue weighted by molar-refractivity contribution is 6.31.